The van der Waals surface area contributed by atoms with E-state index in [0.717, 1.165) is 24.5 Å². The molecule has 1 aliphatic rings. The van der Waals surface area contributed by atoms with Crippen LogP contribution in [0.25, 0.3) is 22.0 Å². The van der Waals surface area contributed by atoms with E-state index in [1.54, 1.807) is 0 Å². The fourth-order valence-corrected chi connectivity index (χ4v) is 3.60. The zero-order valence-electron chi connectivity index (χ0n) is 13.1. The van der Waals surface area contributed by atoms with Crippen LogP contribution in [0, 0.1) is 12.8 Å². The number of nitrogens with zero attached hydrogens (tertiary/aromatic N) is 2. The molecule has 0 spiro atoms. The highest BCUT2D eigenvalue weighted by Gasteiger charge is 2.26. The van der Waals surface area contributed by atoms with Gasteiger partial charge in [0.25, 0.3) is 0 Å². The molecule has 1 aromatic heterocycles. The van der Waals surface area contributed by atoms with Crippen molar-refractivity contribution in [3.63, 3.8) is 0 Å². The Labute approximate surface area is 130 Å². The molecule has 0 saturated carbocycles. The van der Waals surface area contributed by atoms with Gasteiger partial charge in [0.2, 0.25) is 0 Å². The van der Waals surface area contributed by atoms with Crippen LogP contribution in [0.2, 0.25) is 0 Å². The minimum Gasteiger partial charge on any atom is -0.330 e. The SMILES string of the molecule is Cc1c(-c2ccc3ccccc3c2)nc2n1CC(C)CC2N. The first-order valence-electron chi connectivity index (χ1n) is 7.95. The van der Waals surface area contributed by atoms with Gasteiger partial charge in [-0.1, -0.05) is 43.3 Å². The number of nitrogens with two attached hydrogens (primary N) is 1. The van der Waals surface area contributed by atoms with Gasteiger partial charge >= 0.3 is 0 Å². The van der Waals surface area contributed by atoms with Gasteiger partial charge < -0.3 is 10.3 Å². The Kier molecular flexibility index (Phi) is 3.05. The van der Waals surface area contributed by atoms with Crippen molar-refractivity contribution in [3.05, 3.63) is 54.0 Å². The van der Waals surface area contributed by atoms with E-state index in [1.807, 2.05) is 0 Å². The standard InChI is InChI=1S/C19H21N3/c1-12-9-17(20)19-21-18(13(2)22(19)11-12)16-8-7-14-5-3-4-6-15(14)10-16/h3-8,10,12,17H,9,11,20H2,1-2H3. The van der Waals surface area contributed by atoms with Crippen molar-refractivity contribution < 1.29 is 0 Å². The van der Waals surface area contributed by atoms with Crippen LogP contribution in [0.5, 0.6) is 0 Å². The molecule has 1 aliphatic heterocycles. The molecule has 4 rings (SSSR count). The normalized spacial score (nSPS) is 21.0. The van der Waals surface area contributed by atoms with E-state index in [0.29, 0.717) is 5.92 Å². The topological polar surface area (TPSA) is 43.8 Å². The van der Waals surface area contributed by atoms with Crippen LogP contribution in [0.3, 0.4) is 0 Å². The fourth-order valence-electron chi connectivity index (χ4n) is 3.60. The maximum absolute atomic E-state index is 6.30. The second kappa shape index (κ2) is 4.96. The predicted octanol–water partition coefficient (Wildman–Crippen LogP) is 4.05. The molecule has 3 nitrogen and oxygen atoms in total. The van der Waals surface area contributed by atoms with E-state index in [4.69, 9.17) is 10.7 Å². The van der Waals surface area contributed by atoms with Gasteiger partial charge in [-0.15, -0.1) is 0 Å². The van der Waals surface area contributed by atoms with E-state index in [9.17, 15) is 0 Å². The number of imidazole rings is 1. The molecule has 0 radical (unpaired) electrons. The Morgan fingerprint density at radius 1 is 1.14 bits per heavy atom. The largest absolute Gasteiger partial charge is 0.330 e. The van der Waals surface area contributed by atoms with Gasteiger partial charge in [0.15, 0.2) is 0 Å². The maximum atomic E-state index is 6.30. The van der Waals surface area contributed by atoms with Crippen molar-refractivity contribution >= 4 is 10.8 Å². The average Bonchev–Trinajstić information content (AvgIpc) is 2.84. The third-order valence-corrected chi connectivity index (χ3v) is 4.76. The molecule has 2 aromatic carbocycles. The monoisotopic (exact) mass is 291 g/mol. The van der Waals surface area contributed by atoms with Crippen LogP contribution in [0.4, 0.5) is 0 Å². The summed E-state index contributed by atoms with van der Waals surface area (Å²) in [7, 11) is 0. The van der Waals surface area contributed by atoms with Gasteiger partial charge in [-0.25, -0.2) is 4.98 Å². The predicted molar refractivity (Wildman–Crippen MR) is 90.6 cm³/mol. The number of benzene rings is 2. The van der Waals surface area contributed by atoms with E-state index >= 15 is 0 Å². The molecule has 0 bridgehead atoms. The molecule has 3 aromatic rings. The zero-order chi connectivity index (χ0) is 15.3. The van der Waals surface area contributed by atoms with Crippen molar-refractivity contribution in [2.75, 3.05) is 0 Å². The highest BCUT2D eigenvalue weighted by molar-refractivity contribution is 5.87. The quantitative estimate of drug-likeness (QED) is 0.735. The zero-order valence-corrected chi connectivity index (χ0v) is 13.1. The number of aromatic nitrogens is 2. The molecule has 0 amide bonds. The molecule has 0 aliphatic carbocycles. The average molecular weight is 291 g/mol. The Balaban J connectivity index is 1.87. The van der Waals surface area contributed by atoms with Crippen molar-refractivity contribution in [2.45, 2.75) is 32.9 Å². The van der Waals surface area contributed by atoms with Crippen LogP contribution < -0.4 is 5.73 Å². The first-order valence-corrected chi connectivity index (χ1v) is 7.95. The van der Waals surface area contributed by atoms with Crippen molar-refractivity contribution in [3.8, 4) is 11.3 Å². The molecule has 2 unspecified atom stereocenters. The third-order valence-electron chi connectivity index (χ3n) is 4.76. The first kappa shape index (κ1) is 13.5. The molecule has 2 atom stereocenters. The summed E-state index contributed by atoms with van der Waals surface area (Å²) in [5.41, 5.74) is 9.79. The fraction of sp³-hybridized carbons (Fsp3) is 0.316. The van der Waals surface area contributed by atoms with E-state index < -0.39 is 0 Å². The minimum atomic E-state index is 0.0525. The highest BCUT2D eigenvalue weighted by atomic mass is 15.1. The Morgan fingerprint density at radius 2 is 1.91 bits per heavy atom. The summed E-state index contributed by atoms with van der Waals surface area (Å²) in [5.74, 6) is 1.65. The molecule has 3 heteroatoms. The van der Waals surface area contributed by atoms with E-state index in [-0.39, 0.29) is 6.04 Å². The lowest BCUT2D eigenvalue weighted by Gasteiger charge is -2.26. The van der Waals surface area contributed by atoms with Gasteiger partial charge in [0.1, 0.15) is 5.82 Å². The lowest BCUT2D eigenvalue weighted by atomic mass is 9.98. The van der Waals surface area contributed by atoms with Crippen molar-refractivity contribution in [2.24, 2.45) is 11.7 Å². The van der Waals surface area contributed by atoms with Crippen LogP contribution >= 0.6 is 0 Å². The second-order valence-electron chi connectivity index (χ2n) is 6.52. The molecule has 0 saturated heterocycles. The van der Waals surface area contributed by atoms with Crippen LogP contribution in [0.15, 0.2) is 42.5 Å². The first-order chi connectivity index (χ1) is 10.6. The number of fused-ring (bicyclic) bond motifs is 2. The summed E-state index contributed by atoms with van der Waals surface area (Å²) in [4.78, 5) is 4.88. The number of hydrogen-bond acceptors (Lipinski definition) is 2. The Hall–Kier alpha value is -2.13. The summed E-state index contributed by atoms with van der Waals surface area (Å²) >= 11 is 0. The molecule has 2 N–H and O–H groups in total. The van der Waals surface area contributed by atoms with Gasteiger partial charge in [0, 0.05) is 17.8 Å². The van der Waals surface area contributed by atoms with Gasteiger partial charge in [-0.3, -0.25) is 0 Å². The van der Waals surface area contributed by atoms with Crippen LogP contribution in [-0.4, -0.2) is 9.55 Å². The molecular weight excluding hydrogens is 270 g/mol. The molecule has 0 fully saturated rings. The van der Waals surface area contributed by atoms with Gasteiger partial charge in [-0.05, 0) is 36.1 Å². The van der Waals surface area contributed by atoms with E-state index in [1.165, 1.54) is 22.0 Å². The molecular formula is C19H21N3. The third kappa shape index (κ3) is 2.04. The van der Waals surface area contributed by atoms with Crippen LogP contribution in [0.1, 0.15) is 30.9 Å². The number of hydrogen-bond donors (Lipinski definition) is 1. The summed E-state index contributed by atoms with van der Waals surface area (Å²) in [6.07, 6.45) is 1.02. The second-order valence-corrected chi connectivity index (χ2v) is 6.52. The lowest BCUT2D eigenvalue weighted by Crippen LogP contribution is -2.27. The minimum absolute atomic E-state index is 0.0525. The molecule has 22 heavy (non-hydrogen) atoms. The maximum Gasteiger partial charge on any atom is 0.126 e. The van der Waals surface area contributed by atoms with Gasteiger partial charge in [-0.2, -0.15) is 0 Å². The van der Waals surface area contributed by atoms with Gasteiger partial charge in [0.05, 0.1) is 11.7 Å². The van der Waals surface area contributed by atoms with Crippen LogP contribution in [-0.2, 0) is 6.54 Å². The van der Waals surface area contributed by atoms with Crippen molar-refractivity contribution in [1.82, 2.24) is 9.55 Å². The molecule has 112 valence electrons. The lowest BCUT2D eigenvalue weighted by molar-refractivity contribution is 0.343. The summed E-state index contributed by atoms with van der Waals surface area (Å²) in [5, 5.41) is 2.52. The Morgan fingerprint density at radius 3 is 2.73 bits per heavy atom. The molecule has 2 heterocycles. The van der Waals surface area contributed by atoms with E-state index in [2.05, 4.69) is 60.9 Å². The summed E-state index contributed by atoms with van der Waals surface area (Å²) < 4.78 is 2.31. The smallest absolute Gasteiger partial charge is 0.126 e. The summed E-state index contributed by atoms with van der Waals surface area (Å²) in [6, 6.07) is 15.1. The Bertz CT molecular complexity index is 847. The number of rotatable bonds is 1. The van der Waals surface area contributed by atoms with Crippen molar-refractivity contribution in [1.29, 1.82) is 0 Å². The summed E-state index contributed by atoms with van der Waals surface area (Å²) in [6.45, 7) is 5.44. The highest BCUT2D eigenvalue weighted by Crippen LogP contribution is 2.33.